The highest BCUT2D eigenvalue weighted by Gasteiger charge is 2.04. The summed E-state index contributed by atoms with van der Waals surface area (Å²) in [5.74, 6) is 0.297. The second-order valence-corrected chi connectivity index (χ2v) is 4.24. The number of rotatable bonds is 3. The molecular weight excluding hydrogens is 210 g/mol. The zero-order valence-electron chi connectivity index (χ0n) is 9.98. The molecular formula is C15H17NO. The number of benzene rings is 2. The summed E-state index contributed by atoms with van der Waals surface area (Å²) in [4.78, 5) is 0. The summed E-state index contributed by atoms with van der Waals surface area (Å²) in [5.41, 5.74) is 10.2. The standard InChI is InChI=1S/C15H17NO/c1-11-5-6-12(7-8-16)9-15(11)13-3-2-4-14(17)10-13/h2-6,9-10,17H,7-8,16H2,1H3. The van der Waals surface area contributed by atoms with Crippen molar-refractivity contribution in [1.29, 1.82) is 0 Å². The van der Waals surface area contributed by atoms with Crippen molar-refractivity contribution in [2.75, 3.05) is 6.54 Å². The molecule has 0 radical (unpaired) electrons. The van der Waals surface area contributed by atoms with Crippen LogP contribution in [0.2, 0.25) is 0 Å². The number of phenolic OH excluding ortho intramolecular Hbond substituents is 1. The second-order valence-electron chi connectivity index (χ2n) is 4.24. The molecule has 88 valence electrons. The number of hydrogen-bond acceptors (Lipinski definition) is 2. The minimum atomic E-state index is 0.297. The van der Waals surface area contributed by atoms with Gasteiger partial charge < -0.3 is 10.8 Å². The Hall–Kier alpha value is -1.80. The van der Waals surface area contributed by atoms with Gasteiger partial charge >= 0.3 is 0 Å². The van der Waals surface area contributed by atoms with E-state index in [-0.39, 0.29) is 0 Å². The Labute approximate surface area is 102 Å². The van der Waals surface area contributed by atoms with E-state index >= 15 is 0 Å². The van der Waals surface area contributed by atoms with Crippen LogP contribution >= 0.6 is 0 Å². The zero-order chi connectivity index (χ0) is 12.3. The molecule has 0 saturated carbocycles. The van der Waals surface area contributed by atoms with Gasteiger partial charge in [-0.05, 0) is 54.3 Å². The van der Waals surface area contributed by atoms with Crippen LogP contribution in [-0.4, -0.2) is 11.7 Å². The van der Waals surface area contributed by atoms with Gasteiger partial charge in [-0.15, -0.1) is 0 Å². The monoisotopic (exact) mass is 227 g/mol. The molecule has 0 aliphatic heterocycles. The van der Waals surface area contributed by atoms with Gasteiger partial charge in [-0.3, -0.25) is 0 Å². The Morgan fingerprint density at radius 2 is 1.94 bits per heavy atom. The largest absolute Gasteiger partial charge is 0.508 e. The van der Waals surface area contributed by atoms with E-state index < -0.39 is 0 Å². The van der Waals surface area contributed by atoms with Gasteiger partial charge in [0.1, 0.15) is 5.75 Å². The first-order chi connectivity index (χ1) is 8.20. The average Bonchev–Trinajstić information content (AvgIpc) is 2.32. The average molecular weight is 227 g/mol. The van der Waals surface area contributed by atoms with Crippen LogP contribution in [-0.2, 0) is 6.42 Å². The molecule has 2 heteroatoms. The van der Waals surface area contributed by atoms with Gasteiger partial charge in [0.05, 0.1) is 0 Å². The van der Waals surface area contributed by atoms with Crippen LogP contribution in [0.5, 0.6) is 5.75 Å². The van der Waals surface area contributed by atoms with E-state index in [9.17, 15) is 5.11 Å². The van der Waals surface area contributed by atoms with Crippen molar-refractivity contribution < 1.29 is 5.11 Å². The van der Waals surface area contributed by atoms with Crippen molar-refractivity contribution in [3.05, 3.63) is 53.6 Å². The fourth-order valence-corrected chi connectivity index (χ4v) is 1.98. The summed E-state index contributed by atoms with van der Waals surface area (Å²) in [6.45, 7) is 2.73. The van der Waals surface area contributed by atoms with Gasteiger partial charge in [0.25, 0.3) is 0 Å². The lowest BCUT2D eigenvalue weighted by Crippen LogP contribution is -2.02. The fourth-order valence-electron chi connectivity index (χ4n) is 1.98. The third-order valence-electron chi connectivity index (χ3n) is 2.89. The van der Waals surface area contributed by atoms with Gasteiger partial charge in [-0.1, -0.05) is 30.3 Å². The summed E-state index contributed by atoms with van der Waals surface area (Å²) in [5, 5.41) is 9.52. The Morgan fingerprint density at radius 3 is 2.65 bits per heavy atom. The third kappa shape index (κ3) is 2.66. The number of hydrogen-bond donors (Lipinski definition) is 2. The van der Waals surface area contributed by atoms with Gasteiger partial charge in [0.15, 0.2) is 0 Å². The molecule has 2 rings (SSSR count). The predicted molar refractivity (Wildman–Crippen MR) is 71.0 cm³/mol. The molecule has 0 heterocycles. The molecule has 2 aromatic rings. The van der Waals surface area contributed by atoms with Crippen molar-refractivity contribution in [2.45, 2.75) is 13.3 Å². The highest BCUT2D eigenvalue weighted by Crippen LogP contribution is 2.27. The molecule has 2 nitrogen and oxygen atoms in total. The maximum absolute atomic E-state index is 9.52. The molecule has 2 aromatic carbocycles. The molecule has 17 heavy (non-hydrogen) atoms. The van der Waals surface area contributed by atoms with Gasteiger partial charge in [-0.2, -0.15) is 0 Å². The molecule has 0 amide bonds. The first-order valence-electron chi connectivity index (χ1n) is 5.79. The zero-order valence-corrected chi connectivity index (χ0v) is 9.98. The number of nitrogens with two attached hydrogens (primary N) is 1. The molecule has 0 atom stereocenters. The second kappa shape index (κ2) is 5.02. The first-order valence-corrected chi connectivity index (χ1v) is 5.79. The number of phenols is 1. The van der Waals surface area contributed by atoms with Crippen LogP contribution in [0.3, 0.4) is 0 Å². The summed E-state index contributed by atoms with van der Waals surface area (Å²) in [6, 6.07) is 13.7. The van der Waals surface area contributed by atoms with Gasteiger partial charge in [-0.25, -0.2) is 0 Å². The molecule has 0 aliphatic rings. The van der Waals surface area contributed by atoms with E-state index in [0.717, 1.165) is 17.5 Å². The molecule has 0 fully saturated rings. The van der Waals surface area contributed by atoms with E-state index in [4.69, 9.17) is 5.73 Å². The molecule has 3 N–H and O–H groups in total. The van der Waals surface area contributed by atoms with Crippen molar-refractivity contribution in [3.8, 4) is 16.9 Å². The van der Waals surface area contributed by atoms with E-state index in [1.165, 1.54) is 11.1 Å². The normalized spacial score (nSPS) is 10.5. The molecule has 0 unspecified atom stereocenters. The van der Waals surface area contributed by atoms with Crippen molar-refractivity contribution >= 4 is 0 Å². The van der Waals surface area contributed by atoms with E-state index in [1.54, 1.807) is 12.1 Å². The van der Waals surface area contributed by atoms with Crippen LogP contribution in [0, 0.1) is 6.92 Å². The lowest BCUT2D eigenvalue weighted by molar-refractivity contribution is 0.475. The number of aromatic hydroxyl groups is 1. The van der Waals surface area contributed by atoms with Gasteiger partial charge in [0.2, 0.25) is 0 Å². The lowest BCUT2D eigenvalue weighted by Gasteiger charge is -2.09. The van der Waals surface area contributed by atoms with Crippen LogP contribution in [0.25, 0.3) is 11.1 Å². The molecule has 0 aliphatic carbocycles. The molecule has 0 saturated heterocycles. The summed E-state index contributed by atoms with van der Waals surface area (Å²) in [6.07, 6.45) is 0.881. The Balaban J connectivity index is 2.46. The summed E-state index contributed by atoms with van der Waals surface area (Å²) >= 11 is 0. The van der Waals surface area contributed by atoms with Crippen LogP contribution in [0.4, 0.5) is 0 Å². The number of aryl methyl sites for hydroxylation is 1. The van der Waals surface area contributed by atoms with Crippen molar-refractivity contribution in [2.24, 2.45) is 5.73 Å². The van der Waals surface area contributed by atoms with Crippen molar-refractivity contribution in [1.82, 2.24) is 0 Å². The molecule has 0 bridgehead atoms. The SMILES string of the molecule is Cc1ccc(CCN)cc1-c1cccc(O)c1. The van der Waals surface area contributed by atoms with Gasteiger partial charge in [0, 0.05) is 0 Å². The van der Waals surface area contributed by atoms with Crippen molar-refractivity contribution in [3.63, 3.8) is 0 Å². The topological polar surface area (TPSA) is 46.2 Å². The Kier molecular flexibility index (Phi) is 3.45. The Bertz CT molecular complexity index is 520. The molecule has 0 spiro atoms. The smallest absolute Gasteiger partial charge is 0.116 e. The van der Waals surface area contributed by atoms with Crippen LogP contribution in [0.1, 0.15) is 11.1 Å². The minimum Gasteiger partial charge on any atom is -0.508 e. The predicted octanol–water partition coefficient (Wildman–Crippen LogP) is 2.87. The van der Waals surface area contributed by atoms with E-state index in [2.05, 4.69) is 25.1 Å². The van der Waals surface area contributed by atoms with E-state index in [0.29, 0.717) is 12.3 Å². The van der Waals surface area contributed by atoms with E-state index in [1.807, 2.05) is 12.1 Å². The first kappa shape index (κ1) is 11.7. The summed E-state index contributed by atoms with van der Waals surface area (Å²) < 4.78 is 0. The highest BCUT2D eigenvalue weighted by atomic mass is 16.3. The quantitative estimate of drug-likeness (QED) is 0.847. The fraction of sp³-hybridized carbons (Fsp3) is 0.200. The molecule has 0 aromatic heterocycles. The summed E-state index contributed by atoms with van der Waals surface area (Å²) in [7, 11) is 0. The highest BCUT2D eigenvalue weighted by molar-refractivity contribution is 5.69. The lowest BCUT2D eigenvalue weighted by atomic mass is 9.97. The third-order valence-corrected chi connectivity index (χ3v) is 2.89. The van der Waals surface area contributed by atoms with Crippen LogP contribution < -0.4 is 5.73 Å². The Morgan fingerprint density at radius 1 is 1.12 bits per heavy atom. The maximum Gasteiger partial charge on any atom is 0.116 e. The van der Waals surface area contributed by atoms with Crippen LogP contribution in [0.15, 0.2) is 42.5 Å². The minimum absolute atomic E-state index is 0.297. The maximum atomic E-state index is 9.52.